The van der Waals surface area contributed by atoms with Crippen LogP contribution in [0.2, 0.25) is 0 Å². The van der Waals surface area contributed by atoms with Crippen molar-refractivity contribution in [2.24, 2.45) is 0 Å². The molecule has 0 amide bonds. The lowest BCUT2D eigenvalue weighted by atomic mass is 9.98. The van der Waals surface area contributed by atoms with E-state index in [1.54, 1.807) is 0 Å². The molecule has 0 bridgehead atoms. The molecule has 2 aromatic carbocycles. The molecule has 3 aromatic rings. The van der Waals surface area contributed by atoms with Gasteiger partial charge in [-0.05, 0) is 31.2 Å². The van der Waals surface area contributed by atoms with E-state index in [9.17, 15) is 50.8 Å². The van der Waals surface area contributed by atoms with E-state index in [-0.39, 0.29) is 28.0 Å². The number of aliphatic hydroxyl groups excluding tert-OH is 6. The lowest BCUT2D eigenvalue weighted by molar-refractivity contribution is -0.318. The molecule has 15 nitrogen and oxygen atoms in total. The molecule has 42 heavy (non-hydrogen) atoms. The molecule has 5 rings (SSSR count). The Kier molecular flexibility index (Phi) is 8.30. The topological polar surface area (TPSA) is 249 Å². The fraction of sp³-hybridized carbons (Fsp3) is 0.444. The highest BCUT2D eigenvalue weighted by Crippen LogP contribution is 2.37. The number of rotatable bonds is 6. The molecule has 2 aliphatic rings. The summed E-state index contributed by atoms with van der Waals surface area (Å²) in [5.74, 6) is -1.97. The first-order valence-corrected chi connectivity index (χ1v) is 12.9. The van der Waals surface area contributed by atoms with Gasteiger partial charge in [0.05, 0.1) is 12.7 Å². The van der Waals surface area contributed by atoms with Crippen LogP contribution in [-0.4, -0.2) is 114 Å². The Morgan fingerprint density at radius 2 is 1.40 bits per heavy atom. The maximum atomic E-state index is 13.5. The van der Waals surface area contributed by atoms with Crippen molar-refractivity contribution in [3.05, 3.63) is 46.6 Å². The van der Waals surface area contributed by atoms with Gasteiger partial charge in [0.2, 0.25) is 17.5 Å². The smallest absolute Gasteiger partial charge is 0.239 e. The van der Waals surface area contributed by atoms with Gasteiger partial charge in [0.15, 0.2) is 12.1 Å². The molecule has 0 saturated carbocycles. The van der Waals surface area contributed by atoms with Gasteiger partial charge in [0.1, 0.15) is 70.9 Å². The highest BCUT2D eigenvalue weighted by Gasteiger charge is 2.47. The van der Waals surface area contributed by atoms with Crippen LogP contribution in [-0.2, 0) is 14.2 Å². The van der Waals surface area contributed by atoms with E-state index < -0.39 is 90.7 Å². The second-order valence-corrected chi connectivity index (χ2v) is 10.1. The quantitative estimate of drug-likeness (QED) is 0.159. The number of aliphatic hydroxyl groups is 6. The van der Waals surface area contributed by atoms with Crippen LogP contribution in [0.25, 0.3) is 22.3 Å². The standard InChI is InChI=1S/C27H30O15/c1-9-17(31)20(34)22(36)26(39-9)38-8-15-18(32)21(35)23(37)27(41-15)42-25-19(33)16-13(30)6-12(29)7-14(16)40-24(25)10-2-4-11(28)5-3-10/h2-7,9,15,17-18,20-23,26-32,34-37H,8H2,1H3/t9-,15+,17-,18-,20+,21+,22+,23+,26+,27+/m0/s1. The summed E-state index contributed by atoms with van der Waals surface area (Å²) in [6.45, 7) is 0.866. The van der Waals surface area contributed by atoms with Crippen LogP contribution in [0, 0.1) is 0 Å². The minimum absolute atomic E-state index is 0.103. The van der Waals surface area contributed by atoms with Crippen molar-refractivity contribution in [3.63, 3.8) is 0 Å². The van der Waals surface area contributed by atoms with Crippen molar-refractivity contribution >= 4 is 11.0 Å². The lowest BCUT2D eigenvalue weighted by Gasteiger charge is -2.42. The molecule has 2 aliphatic heterocycles. The number of phenols is 3. The average molecular weight is 595 g/mol. The molecular formula is C27H30O15. The second kappa shape index (κ2) is 11.6. The van der Waals surface area contributed by atoms with Crippen LogP contribution in [0.1, 0.15) is 6.92 Å². The van der Waals surface area contributed by atoms with Gasteiger partial charge in [-0.2, -0.15) is 0 Å². The second-order valence-electron chi connectivity index (χ2n) is 10.1. The van der Waals surface area contributed by atoms with E-state index in [1.807, 2.05) is 0 Å². The van der Waals surface area contributed by atoms with Crippen molar-refractivity contribution in [1.29, 1.82) is 0 Å². The Balaban J connectivity index is 1.46. The first-order valence-electron chi connectivity index (χ1n) is 12.9. The molecular weight excluding hydrogens is 564 g/mol. The number of aromatic hydroxyl groups is 3. The van der Waals surface area contributed by atoms with Crippen molar-refractivity contribution in [1.82, 2.24) is 0 Å². The third-order valence-corrected chi connectivity index (χ3v) is 7.18. The molecule has 3 heterocycles. The zero-order chi connectivity index (χ0) is 30.5. The number of ether oxygens (including phenoxy) is 4. The summed E-state index contributed by atoms with van der Waals surface area (Å²) in [7, 11) is 0. The Morgan fingerprint density at radius 1 is 0.762 bits per heavy atom. The van der Waals surface area contributed by atoms with E-state index in [2.05, 4.69) is 0 Å². The van der Waals surface area contributed by atoms with E-state index in [4.69, 9.17) is 23.4 Å². The molecule has 0 unspecified atom stereocenters. The molecule has 1 aromatic heterocycles. The van der Waals surface area contributed by atoms with E-state index in [0.29, 0.717) is 0 Å². The summed E-state index contributed by atoms with van der Waals surface area (Å²) in [6, 6.07) is 7.33. The number of fused-ring (bicyclic) bond motifs is 1. The van der Waals surface area contributed by atoms with Gasteiger partial charge in [-0.15, -0.1) is 0 Å². The number of phenolic OH excluding ortho intramolecular Hbond substituents is 3. The van der Waals surface area contributed by atoms with Gasteiger partial charge >= 0.3 is 0 Å². The summed E-state index contributed by atoms with van der Waals surface area (Å²) >= 11 is 0. The summed E-state index contributed by atoms with van der Waals surface area (Å²) in [5.41, 5.74) is -0.956. The van der Waals surface area contributed by atoms with E-state index in [1.165, 1.54) is 31.2 Å². The summed E-state index contributed by atoms with van der Waals surface area (Å²) in [6.07, 6.45) is -15.8. The largest absolute Gasteiger partial charge is 0.508 e. The molecule has 0 spiro atoms. The maximum Gasteiger partial charge on any atom is 0.239 e. The molecule has 2 saturated heterocycles. The molecule has 0 radical (unpaired) electrons. The Hall–Kier alpha value is -3.51. The third kappa shape index (κ3) is 5.49. The number of hydrogen-bond donors (Lipinski definition) is 9. The van der Waals surface area contributed by atoms with Crippen molar-refractivity contribution in [2.75, 3.05) is 6.61 Å². The summed E-state index contributed by atoms with van der Waals surface area (Å²) < 4.78 is 28.0. The van der Waals surface area contributed by atoms with Gasteiger partial charge in [-0.1, -0.05) is 0 Å². The zero-order valence-corrected chi connectivity index (χ0v) is 21.9. The van der Waals surface area contributed by atoms with Gasteiger partial charge < -0.3 is 69.3 Å². The van der Waals surface area contributed by atoms with Crippen molar-refractivity contribution < 1.29 is 69.3 Å². The van der Waals surface area contributed by atoms with Gasteiger partial charge in [-0.3, -0.25) is 4.79 Å². The van der Waals surface area contributed by atoms with Gasteiger partial charge in [0, 0.05) is 17.7 Å². The third-order valence-electron chi connectivity index (χ3n) is 7.18. The van der Waals surface area contributed by atoms with Crippen LogP contribution in [0.5, 0.6) is 23.0 Å². The molecule has 2 fully saturated rings. The first kappa shape index (κ1) is 30.0. The van der Waals surface area contributed by atoms with Crippen LogP contribution >= 0.6 is 0 Å². The Bertz CT molecular complexity index is 1470. The number of hydrogen-bond acceptors (Lipinski definition) is 15. The minimum atomic E-state index is -1.92. The van der Waals surface area contributed by atoms with Gasteiger partial charge in [-0.25, -0.2) is 0 Å². The summed E-state index contributed by atoms with van der Waals surface area (Å²) in [5, 5.41) is 91.4. The molecule has 15 heteroatoms. The summed E-state index contributed by atoms with van der Waals surface area (Å²) in [4.78, 5) is 13.5. The van der Waals surface area contributed by atoms with Crippen LogP contribution in [0.15, 0.2) is 45.6 Å². The molecule has 10 atom stereocenters. The number of benzene rings is 2. The zero-order valence-electron chi connectivity index (χ0n) is 21.9. The average Bonchev–Trinajstić information content (AvgIpc) is 2.95. The van der Waals surface area contributed by atoms with E-state index >= 15 is 0 Å². The van der Waals surface area contributed by atoms with E-state index in [0.717, 1.165) is 12.1 Å². The van der Waals surface area contributed by atoms with Crippen LogP contribution in [0.4, 0.5) is 0 Å². The molecule has 9 N–H and O–H groups in total. The normalized spacial score (nSPS) is 33.5. The SMILES string of the molecule is C[C@@H]1O[C@@H](OC[C@H]2O[C@H](Oc3c(-c4ccc(O)cc4)oc4cc(O)cc(O)c4c3=O)[C@H](O)[C@H](O)[C@H]2O)[C@H](O)[C@H](O)[C@H]1O. The predicted molar refractivity (Wildman–Crippen MR) is 139 cm³/mol. The molecule has 0 aliphatic carbocycles. The lowest BCUT2D eigenvalue weighted by Crippen LogP contribution is -2.61. The van der Waals surface area contributed by atoms with Gasteiger partial charge in [0.25, 0.3) is 0 Å². The fourth-order valence-electron chi connectivity index (χ4n) is 4.79. The monoisotopic (exact) mass is 594 g/mol. The van der Waals surface area contributed by atoms with Crippen LogP contribution in [0.3, 0.4) is 0 Å². The fourth-order valence-corrected chi connectivity index (χ4v) is 4.79. The molecule has 228 valence electrons. The predicted octanol–water partition coefficient (Wildman–Crippen LogP) is -1.39. The highest BCUT2D eigenvalue weighted by molar-refractivity contribution is 5.88. The van der Waals surface area contributed by atoms with Crippen molar-refractivity contribution in [3.8, 4) is 34.3 Å². The first-order chi connectivity index (χ1) is 19.9. The van der Waals surface area contributed by atoms with Crippen molar-refractivity contribution in [2.45, 2.75) is 68.3 Å². The minimum Gasteiger partial charge on any atom is -0.508 e. The Labute approximate surface area is 236 Å². The Morgan fingerprint density at radius 3 is 2.10 bits per heavy atom. The maximum absolute atomic E-state index is 13.5. The van der Waals surface area contributed by atoms with Crippen LogP contribution < -0.4 is 10.2 Å². The highest BCUT2D eigenvalue weighted by atomic mass is 16.7.